The lowest BCUT2D eigenvalue weighted by atomic mass is 10.1. The van der Waals surface area contributed by atoms with Crippen LogP contribution in [0.3, 0.4) is 0 Å². The van der Waals surface area contributed by atoms with E-state index in [4.69, 9.17) is 4.98 Å². The van der Waals surface area contributed by atoms with Crippen molar-refractivity contribution < 1.29 is 0 Å². The fourth-order valence-corrected chi connectivity index (χ4v) is 4.00. The Morgan fingerprint density at radius 2 is 1.52 bits per heavy atom. The molecule has 0 amide bonds. The minimum atomic E-state index is 0.999. The Morgan fingerprint density at radius 1 is 0.870 bits per heavy atom. The molecular weight excluding hydrogens is 320 g/mol. The van der Waals surface area contributed by atoms with E-state index < -0.39 is 0 Å². The zero-order valence-electron chi connectivity index (χ0n) is 13.2. The summed E-state index contributed by atoms with van der Waals surface area (Å²) in [5.41, 5.74) is 4.45. The molecule has 0 atom stereocenters. The van der Waals surface area contributed by atoms with Crippen molar-refractivity contribution in [3.05, 3.63) is 60.7 Å². The smallest absolute Gasteiger partial charge is 0.166 e. The largest absolute Gasteiger partial charge is 0.332 e. The van der Waals surface area contributed by atoms with Gasteiger partial charge >= 0.3 is 0 Å². The van der Waals surface area contributed by atoms with Gasteiger partial charge in [0.2, 0.25) is 0 Å². The molecule has 0 saturated carbocycles. The number of hydrogen-bond acceptors (Lipinski definition) is 3. The topological polar surface area (TPSA) is 28.7 Å². The highest BCUT2D eigenvalue weighted by Crippen LogP contribution is 2.32. The number of H-pyrrole nitrogens is 1. The van der Waals surface area contributed by atoms with Crippen LogP contribution in [-0.4, -0.2) is 27.2 Å². The van der Waals surface area contributed by atoms with Crippen molar-refractivity contribution in [2.24, 2.45) is 0 Å². The molecule has 0 spiro atoms. The van der Waals surface area contributed by atoms with E-state index in [0.717, 1.165) is 33.6 Å². The number of benzene rings is 2. The van der Waals surface area contributed by atoms with E-state index in [1.54, 1.807) is 11.8 Å². The van der Waals surface area contributed by atoms with Crippen LogP contribution < -0.4 is 0 Å². The highest BCUT2D eigenvalue weighted by Gasteiger charge is 2.13. The summed E-state index contributed by atoms with van der Waals surface area (Å²) < 4.78 is 0. The molecule has 0 bridgehead atoms. The van der Waals surface area contributed by atoms with Crippen molar-refractivity contribution in [2.75, 3.05) is 17.3 Å². The molecule has 0 fully saturated rings. The van der Waals surface area contributed by atoms with Crippen LogP contribution in [0.1, 0.15) is 6.92 Å². The first-order valence-electron chi connectivity index (χ1n) is 7.80. The first-order chi connectivity index (χ1) is 11.4. The summed E-state index contributed by atoms with van der Waals surface area (Å²) in [4.78, 5) is 8.37. The third kappa shape index (κ3) is 4.21. The maximum atomic E-state index is 4.85. The molecule has 2 nitrogen and oxygen atoms in total. The molecule has 0 aliphatic heterocycles. The number of imidazole rings is 1. The molecule has 118 valence electrons. The fraction of sp³-hybridized carbons (Fsp3) is 0.211. The van der Waals surface area contributed by atoms with Crippen LogP contribution in [0, 0.1) is 0 Å². The van der Waals surface area contributed by atoms with Crippen molar-refractivity contribution in [1.82, 2.24) is 9.97 Å². The second-order valence-corrected chi connectivity index (χ2v) is 7.52. The highest BCUT2D eigenvalue weighted by molar-refractivity contribution is 8.02. The van der Waals surface area contributed by atoms with Gasteiger partial charge in [0, 0.05) is 22.6 Å². The monoisotopic (exact) mass is 340 g/mol. The molecule has 0 aliphatic carbocycles. The lowest BCUT2D eigenvalue weighted by Gasteiger charge is -2.02. The molecule has 1 heterocycles. The molecule has 3 rings (SSSR count). The van der Waals surface area contributed by atoms with Gasteiger partial charge < -0.3 is 4.98 Å². The number of aromatic amines is 1. The number of rotatable bonds is 7. The number of nitrogens with zero attached hydrogens (tertiary/aromatic N) is 1. The summed E-state index contributed by atoms with van der Waals surface area (Å²) in [5.74, 6) is 3.40. The highest BCUT2D eigenvalue weighted by atomic mass is 32.2. The third-order valence-electron chi connectivity index (χ3n) is 3.46. The van der Waals surface area contributed by atoms with Crippen LogP contribution in [0.4, 0.5) is 0 Å². The molecule has 0 radical (unpaired) electrons. The molecule has 0 aliphatic rings. The van der Waals surface area contributed by atoms with Gasteiger partial charge in [0.25, 0.3) is 0 Å². The molecular formula is C19H20N2S2. The lowest BCUT2D eigenvalue weighted by Crippen LogP contribution is -1.85. The summed E-state index contributed by atoms with van der Waals surface area (Å²) >= 11 is 3.77. The van der Waals surface area contributed by atoms with E-state index in [1.807, 2.05) is 23.9 Å². The molecule has 0 unspecified atom stereocenters. The Morgan fingerprint density at radius 3 is 2.17 bits per heavy atom. The number of aromatic nitrogens is 2. The van der Waals surface area contributed by atoms with Gasteiger partial charge in [-0.25, -0.2) is 4.98 Å². The fourth-order valence-electron chi connectivity index (χ4n) is 2.38. The average molecular weight is 341 g/mol. The summed E-state index contributed by atoms with van der Waals surface area (Å²) in [5, 5.41) is 0.999. The van der Waals surface area contributed by atoms with E-state index in [9.17, 15) is 0 Å². The molecule has 2 aromatic carbocycles. The first kappa shape index (κ1) is 16.2. The zero-order chi connectivity index (χ0) is 15.9. The Hall–Kier alpha value is -1.65. The molecule has 1 N–H and O–H groups in total. The second-order valence-electron chi connectivity index (χ2n) is 5.04. The Kier molecular flexibility index (Phi) is 5.83. The van der Waals surface area contributed by atoms with Crippen molar-refractivity contribution in [1.29, 1.82) is 0 Å². The SMILES string of the molecule is CCSCCSc1nc(-c2ccccc2)c(-c2ccccc2)[nH]1. The normalized spacial score (nSPS) is 10.8. The van der Waals surface area contributed by atoms with E-state index in [2.05, 4.69) is 60.4 Å². The van der Waals surface area contributed by atoms with Crippen LogP contribution >= 0.6 is 23.5 Å². The third-order valence-corrected chi connectivity index (χ3v) is 5.50. The van der Waals surface area contributed by atoms with Crippen molar-refractivity contribution in [3.8, 4) is 22.5 Å². The van der Waals surface area contributed by atoms with Crippen LogP contribution in [0.25, 0.3) is 22.5 Å². The minimum absolute atomic E-state index is 0.999. The molecule has 3 aromatic rings. The Balaban J connectivity index is 1.91. The molecule has 1 aromatic heterocycles. The standard InChI is InChI=1S/C19H20N2S2/c1-2-22-13-14-23-19-20-17(15-9-5-3-6-10-15)18(21-19)16-11-7-4-8-12-16/h3-12H,2,13-14H2,1H3,(H,20,21). The summed E-state index contributed by atoms with van der Waals surface area (Å²) in [6.07, 6.45) is 0. The predicted molar refractivity (Wildman–Crippen MR) is 103 cm³/mol. The first-order valence-corrected chi connectivity index (χ1v) is 9.94. The van der Waals surface area contributed by atoms with Crippen LogP contribution in [0.15, 0.2) is 65.8 Å². The van der Waals surface area contributed by atoms with Gasteiger partial charge in [0.1, 0.15) is 0 Å². The predicted octanol–water partition coefficient (Wildman–Crippen LogP) is 5.59. The van der Waals surface area contributed by atoms with E-state index >= 15 is 0 Å². The zero-order valence-corrected chi connectivity index (χ0v) is 14.8. The van der Waals surface area contributed by atoms with Crippen LogP contribution in [0.2, 0.25) is 0 Å². The van der Waals surface area contributed by atoms with Gasteiger partial charge in [-0.15, -0.1) is 0 Å². The second kappa shape index (κ2) is 8.27. The average Bonchev–Trinajstić information content (AvgIpc) is 3.05. The summed E-state index contributed by atoms with van der Waals surface area (Å²) in [6, 6.07) is 20.8. The van der Waals surface area contributed by atoms with Gasteiger partial charge in [-0.3, -0.25) is 0 Å². The van der Waals surface area contributed by atoms with Crippen molar-refractivity contribution in [2.45, 2.75) is 12.1 Å². The molecule has 0 saturated heterocycles. The molecule has 23 heavy (non-hydrogen) atoms. The molecule has 4 heteroatoms. The number of nitrogens with one attached hydrogen (secondary N) is 1. The van der Waals surface area contributed by atoms with E-state index in [-0.39, 0.29) is 0 Å². The Bertz CT molecular complexity index is 667. The number of hydrogen-bond donors (Lipinski definition) is 1. The van der Waals surface area contributed by atoms with Crippen LogP contribution in [-0.2, 0) is 0 Å². The quantitative estimate of drug-likeness (QED) is 0.449. The van der Waals surface area contributed by atoms with E-state index in [1.165, 1.54) is 11.3 Å². The van der Waals surface area contributed by atoms with Gasteiger partial charge in [0.15, 0.2) is 5.16 Å². The van der Waals surface area contributed by atoms with Gasteiger partial charge in [-0.2, -0.15) is 11.8 Å². The maximum absolute atomic E-state index is 4.85. The van der Waals surface area contributed by atoms with Crippen molar-refractivity contribution >= 4 is 23.5 Å². The van der Waals surface area contributed by atoms with Crippen LogP contribution in [0.5, 0.6) is 0 Å². The minimum Gasteiger partial charge on any atom is -0.332 e. The lowest BCUT2D eigenvalue weighted by molar-refractivity contribution is 1.06. The summed E-state index contributed by atoms with van der Waals surface area (Å²) in [7, 11) is 0. The van der Waals surface area contributed by atoms with Gasteiger partial charge in [0.05, 0.1) is 11.4 Å². The van der Waals surface area contributed by atoms with Gasteiger partial charge in [-0.05, 0) is 5.75 Å². The Labute approximate surface area is 146 Å². The number of thioether (sulfide) groups is 2. The van der Waals surface area contributed by atoms with Crippen molar-refractivity contribution in [3.63, 3.8) is 0 Å². The summed E-state index contributed by atoms with van der Waals surface area (Å²) in [6.45, 7) is 2.20. The van der Waals surface area contributed by atoms with Gasteiger partial charge in [-0.1, -0.05) is 79.3 Å². The maximum Gasteiger partial charge on any atom is 0.166 e. The van der Waals surface area contributed by atoms with E-state index in [0.29, 0.717) is 0 Å².